The van der Waals surface area contributed by atoms with Crippen LogP contribution in [0.4, 0.5) is 0 Å². The van der Waals surface area contributed by atoms with Crippen molar-refractivity contribution in [3.63, 3.8) is 0 Å². The zero-order chi connectivity index (χ0) is 22.2. The molecule has 2 aromatic rings. The van der Waals surface area contributed by atoms with Crippen molar-refractivity contribution in [3.8, 4) is 5.75 Å². The molecule has 2 heterocycles. The van der Waals surface area contributed by atoms with Crippen molar-refractivity contribution in [2.24, 2.45) is 0 Å². The lowest BCUT2D eigenvalue weighted by Crippen LogP contribution is -2.47. The number of ether oxygens (including phenoxy) is 1. The number of aliphatic hydroxyl groups is 1. The van der Waals surface area contributed by atoms with E-state index in [0.29, 0.717) is 26.2 Å². The first kappa shape index (κ1) is 23.5. The summed E-state index contributed by atoms with van der Waals surface area (Å²) >= 11 is 1.75. The molecule has 0 saturated carbocycles. The van der Waals surface area contributed by atoms with Gasteiger partial charge in [0.1, 0.15) is 12.4 Å². The lowest BCUT2D eigenvalue weighted by Gasteiger charge is -2.37. The van der Waals surface area contributed by atoms with Gasteiger partial charge in [0.15, 0.2) is 0 Å². The van der Waals surface area contributed by atoms with E-state index in [1.807, 2.05) is 34.1 Å². The van der Waals surface area contributed by atoms with E-state index in [0.717, 1.165) is 25.0 Å². The summed E-state index contributed by atoms with van der Waals surface area (Å²) in [6, 6.07) is 10.0. The van der Waals surface area contributed by atoms with Crippen LogP contribution in [-0.4, -0.2) is 59.7 Å². The molecule has 31 heavy (non-hydrogen) atoms. The maximum atomic E-state index is 13.3. The van der Waals surface area contributed by atoms with Crippen molar-refractivity contribution in [2.45, 2.75) is 45.3 Å². The SMILES string of the molecule is C=CCN(CC(=O)N1CCc2sccc2[C@@H]1COc1ccc(C)cc1)C[C@H](O)CCC. The molecular weight excluding hydrogens is 408 g/mol. The van der Waals surface area contributed by atoms with Gasteiger partial charge in [0, 0.05) is 24.5 Å². The lowest BCUT2D eigenvalue weighted by atomic mass is 10.0. The van der Waals surface area contributed by atoms with Crippen molar-refractivity contribution in [2.75, 3.05) is 32.8 Å². The monoisotopic (exact) mass is 442 g/mol. The molecule has 0 fully saturated rings. The van der Waals surface area contributed by atoms with Gasteiger partial charge in [-0.3, -0.25) is 9.69 Å². The minimum absolute atomic E-state index is 0.0694. The Bertz CT molecular complexity index is 849. The smallest absolute Gasteiger partial charge is 0.237 e. The van der Waals surface area contributed by atoms with Crippen LogP contribution < -0.4 is 4.74 Å². The molecule has 1 N–H and O–H groups in total. The molecule has 0 aliphatic carbocycles. The van der Waals surface area contributed by atoms with E-state index in [-0.39, 0.29) is 18.5 Å². The molecule has 3 rings (SSSR count). The molecule has 0 unspecified atom stereocenters. The zero-order valence-corrected chi connectivity index (χ0v) is 19.4. The molecular formula is C25H34N2O3S. The number of aliphatic hydroxyl groups excluding tert-OH is 1. The van der Waals surface area contributed by atoms with Crippen molar-refractivity contribution in [1.29, 1.82) is 0 Å². The maximum Gasteiger partial charge on any atom is 0.237 e. The molecule has 2 atom stereocenters. The van der Waals surface area contributed by atoms with Crippen LogP contribution >= 0.6 is 11.3 Å². The normalized spacial score (nSPS) is 16.8. The fourth-order valence-corrected chi connectivity index (χ4v) is 5.00. The van der Waals surface area contributed by atoms with Crippen molar-refractivity contribution >= 4 is 17.2 Å². The molecule has 1 aromatic carbocycles. The second kappa shape index (κ2) is 11.5. The largest absolute Gasteiger partial charge is 0.491 e. The van der Waals surface area contributed by atoms with E-state index < -0.39 is 6.10 Å². The van der Waals surface area contributed by atoms with Crippen LogP contribution in [0, 0.1) is 6.92 Å². The minimum atomic E-state index is -0.428. The number of carbonyl (C=O) groups is 1. The van der Waals surface area contributed by atoms with Gasteiger partial charge in [-0.2, -0.15) is 0 Å². The molecule has 168 valence electrons. The summed E-state index contributed by atoms with van der Waals surface area (Å²) in [6.45, 7) is 10.4. The maximum absolute atomic E-state index is 13.3. The van der Waals surface area contributed by atoms with Crippen LogP contribution in [0.1, 0.15) is 41.8 Å². The number of thiophene rings is 1. The molecule has 1 amide bonds. The quantitative estimate of drug-likeness (QED) is 0.530. The van der Waals surface area contributed by atoms with Crippen LogP contribution in [0.25, 0.3) is 0 Å². The number of amides is 1. The highest BCUT2D eigenvalue weighted by molar-refractivity contribution is 7.10. The van der Waals surface area contributed by atoms with Crippen molar-refractivity contribution in [3.05, 3.63) is 64.4 Å². The fourth-order valence-electron chi connectivity index (χ4n) is 4.08. The topological polar surface area (TPSA) is 53.0 Å². The Hall–Kier alpha value is -2.15. The predicted octanol–water partition coefficient (Wildman–Crippen LogP) is 4.21. The number of rotatable bonds is 11. The van der Waals surface area contributed by atoms with Gasteiger partial charge in [-0.1, -0.05) is 37.1 Å². The number of fused-ring (bicyclic) bond motifs is 1. The number of carbonyl (C=O) groups excluding carboxylic acids is 1. The highest BCUT2D eigenvalue weighted by atomic mass is 32.1. The first-order valence-corrected chi connectivity index (χ1v) is 12.0. The second-order valence-electron chi connectivity index (χ2n) is 8.20. The van der Waals surface area contributed by atoms with Crippen LogP contribution in [0.3, 0.4) is 0 Å². The van der Waals surface area contributed by atoms with Gasteiger partial charge >= 0.3 is 0 Å². The average Bonchev–Trinajstić information content (AvgIpc) is 3.22. The van der Waals surface area contributed by atoms with Crippen molar-refractivity contribution < 1.29 is 14.6 Å². The number of hydrogen-bond donors (Lipinski definition) is 1. The van der Waals surface area contributed by atoms with E-state index in [9.17, 15) is 9.90 Å². The average molecular weight is 443 g/mol. The lowest BCUT2D eigenvalue weighted by molar-refractivity contribution is -0.136. The van der Waals surface area contributed by atoms with Gasteiger partial charge < -0.3 is 14.7 Å². The summed E-state index contributed by atoms with van der Waals surface area (Å²) in [5, 5.41) is 12.3. The number of aryl methyl sites for hydroxylation is 1. The Balaban J connectivity index is 1.71. The van der Waals surface area contributed by atoms with Crippen molar-refractivity contribution in [1.82, 2.24) is 9.80 Å². The summed E-state index contributed by atoms with van der Waals surface area (Å²) in [5.41, 5.74) is 2.38. The molecule has 0 bridgehead atoms. The van der Waals surface area contributed by atoms with E-state index in [1.54, 1.807) is 17.4 Å². The first-order chi connectivity index (χ1) is 15.0. The summed E-state index contributed by atoms with van der Waals surface area (Å²) in [5.74, 6) is 0.885. The van der Waals surface area contributed by atoms with Gasteiger partial charge in [0.2, 0.25) is 5.91 Å². The predicted molar refractivity (Wildman–Crippen MR) is 127 cm³/mol. The van der Waals surface area contributed by atoms with Gasteiger partial charge in [-0.05, 0) is 48.9 Å². The summed E-state index contributed by atoms with van der Waals surface area (Å²) < 4.78 is 6.10. The third-order valence-corrected chi connectivity index (χ3v) is 6.68. The first-order valence-electron chi connectivity index (χ1n) is 11.1. The van der Waals surface area contributed by atoms with E-state index in [2.05, 4.69) is 31.9 Å². The van der Waals surface area contributed by atoms with Gasteiger partial charge in [-0.15, -0.1) is 17.9 Å². The molecule has 0 saturated heterocycles. The number of benzene rings is 1. The molecule has 0 radical (unpaired) electrons. The van der Waals surface area contributed by atoms with Crippen LogP contribution in [0.2, 0.25) is 0 Å². The summed E-state index contributed by atoms with van der Waals surface area (Å²) in [7, 11) is 0. The molecule has 6 heteroatoms. The summed E-state index contributed by atoms with van der Waals surface area (Å²) in [4.78, 5) is 18.6. The van der Waals surface area contributed by atoms with Crippen LogP contribution in [-0.2, 0) is 11.2 Å². The Labute approximate surface area is 189 Å². The fraction of sp³-hybridized carbons (Fsp3) is 0.480. The highest BCUT2D eigenvalue weighted by Crippen LogP contribution is 2.34. The standard InChI is InChI=1S/C25H34N2O3S/c1-4-6-20(28)16-26(13-5-2)17-25(29)27-14-11-24-22(12-15-31-24)23(27)18-30-21-9-7-19(3)8-10-21/h5,7-10,12,15,20,23,28H,2,4,6,11,13-14,16-18H2,1,3H3/t20-,23+/m1/s1. The minimum Gasteiger partial charge on any atom is -0.491 e. The molecule has 1 aliphatic heterocycles. The molecule has 1 aliphatic rings. The number of nitrogens with zero attached hydrogens (tertiary/aromatic N) is 2. The highest BCUT2D eigenvalue weighted by Gasteiger charge is 2.33. The van der Waals surface area contributed by atoms with E-state index in [1.165, 1.54) is 16.0 Å². The molecule has 0 spiro atoms. The Morgan fingerprint density at radius 3 is 2.87 bits per heavy atom. The third-order valence-electron chi connectivity index (χ3n) is 5.68. The van der Waals surface area contributed by atoms with E-state index in [4.69, 9.17) is 4.74 Å². The Morgan fingerprint density at radius 1 is 1.39 bits per heavy atom. The third kappa shape index (κ3) is 6.42. The Kier molecular flexibility index (Phi) is 8.69. The van der Waals surface area contributed by atoms with Gasteiger partial charge in [-0.25, -0.2) is 0 Å². The molecule has 1 aromatic heterocycles. The number of hydrogen-bond acceptors (Lipinski definition) is 5. The van der Waals surface area contributed by atoms with E-state index >= 15 is 0 Å². The van der Waals surface area contributed by atoms with Crippen LogP contribution in [0.15, 0.2) is 48.4 Å². The molecule has 5 nitrogen and oxygen atoms in total. The van der Waals surface area contributed by atoms with Gasteiger partial charge in [0.25, 0.3) is 0 Å². The Morgan fingerprint density at radius 2 is 2.16 bits per heavy atom. The van der Waals surface area contributed by atoms with Crippen LogP contribution in [0.5, 0.6) is 5.75 Å². The second-order valence-corrected chi connectivity index (χ2v) is 9.20. The summed E-state index contributed by atoms with van der Waals surface area (Å²) in [6.07, 6.45) is 3.89. The zero-order valence-electron chi connectivity index (χ0n) is 18.6. The van der Waals surface area contributed by atoms with Gasteiger partial charge in [0.05, 0.1) is 18.7 Å².